The smallest absolute Gasteiger partial charge is 0.262 e. The van der Waals surface area contributed by atoms with Gasteiger partial charge in [-0.15, -0.1) is 0 Å². The van der Waals surface area contributed by atoms with Crippen LogP contribution in [0.15, 0.2) is 29.8 Å². The molecule has 1 amide bonds. The summed E-state index contributed by atoms with van der Waals surface area (Å²) in [5.74, 6) is 0.994. The fraction of sp³-hybridized carbons (Fsp3) is 0.500. The highest BCUT2D eigenvalue weighted by atomic mass is 16.5. The van der Waals surface area contributed by atoms with Gasteiger partial charge >= 0.3 is 0 Å². The molecule has 0 spiro atoms. The molecular weight excluding hydrogens is 300 g/mol. The summed E-state index contributed by atoms with van der Waals surface area (Å²) >= 11 is 0. The van der Waals surface area contributed by atoms with E-state index in [1.165, 1.54) is 6.42 Å². The van der Waals surface area contributed by atoms with Crippen molar-refractivity contribution in [2.24, 2.45) is 5.92 Å². The van der Waals surface area contributed by atoms with E-state index in [9.17, 15) is 10.1 Å². The van der Waals surface area contributed by atoms with Gasteiger partial charge in [-0.05, 0) is 42.5 Å². The van der Waals surface area contributed by atoms with Gasteiger partial charge in [-0.1, -0.05) is 45.2 Å². The van der Waals surface area contributed by atoms with Gasteiger partial charge < -0.3 is 10.1 Å². The summed E-state index contributed by atoms with van der Waals surface area (Å²) < 4.78 is 5.64. The number of carbonyl (C=O) groups excluding carboxylic acids is 1. The van der Waals surface area contributed by atoms with Crippen LogP contribution in [0.5, 0.6) is 5.75 Å². The molecule has 0 atom stereocenters. The molecular formula is C20H26N2O2. The van der Waals surface area contributed by atoms with Crippen molar-refractivity contribution in [1.82, 2.24) is 5.32 Å². The van der Waals surface area contributed by atoms with E-state index >= 15 is 0 Å². The summed E-state index contributed by atoms with van der Waals surface area (Å²) in [6.45, 7) is 4.87. The second-order valence-corrected chi connectivity index (χ2v) is 6.75. The Kier molecular flexibility index (Phi) is 6.87. The minimum atomic E-state index is -0.274. The maximum absolute atomic E-state index is 12.3. The lowest BCUT2D eigenvalue weighted by atomic mass is 9.95. The molecule has 128 valence electrons. The van der Waals surface area contributed by atoms with E-state index in [2.05, 4.69) is 19.2 Å². The van der Waals surface area contributed by atoms with Crippen LogP contribution in [0.4, 0.5) is 0 Å². The number of carbonyl (C=O) groups is 1. The SMILES string of the molecule is CC(C)COc1ccc(C=C(C#N)C(=O)NC2CCCCC2)cc1. The van der Waals surface area contributed by atoms with E-state index in [0.29, 0.717) is 12.5 Å². The first kappa shape index (κ1) is 18.1. The highest BCUT2D eigenvalue weighted by Crippen LogP contribution is 2.19. The summed E-state index contributed by atoms with van der Waals surface area (Å²) in [5.41, 5.74) is 0.971. The Morgan fingerprint density at radius 3 is 2.54 bits per heavy atom. The van der Waals surface area contributed by atoms with Gasteiger partial charge in [0.2, 0.25) is 0 Å². The summed E-state index contributed by atoms with van der Waals surface area (Å²) in [6, 6.07) is 9.67. The molecule has 1 N–H and O–H groups in total. The van der Waals surface area contributed by atoms with Crippen LogP contribution in [0.25, 0.3) is 6.08 Å². The largest absolute Gasteiger partial charge is 0.493 e. The van der Waals surface area contributed by atoms with Gasteiger partial charge in [-0.2, -0.15) is 5.26 Å². The molecule has 0 bridgehead atoms. The monoisotopic (exact) mass is 326 g/mol. The maximum atomic E-state index is 12.3. The molecule has 4 heteroatoms. The average molecular weight is 326 g/mol. The topological polar surface area (TPSA) is 62.1 Å². The van der Waals surface area contributed by atoms with E-state index < -0.39 is 0 Å². The number of nitrogens with one attached hydrogen (secondary N) is 1. The number of amides is 1. The molecule has 1 aromatic carbocycles. The van der Waals surface area contributed by atoms with Crippen LogP contribution in [0.1, 0.15) is 51.5 Å². The number of hydrogen-bond donors (Lipinski definition) is 1. The van der Waals surface area contributed by atoms with Gasteiger partial charge in [-0.3, -0.25) is 4.79 Å². The van der Waals surface area contributed by atoms with Crippen molar-refractivity contribution in [2.45, 2.75) is 52.0 Å². The number of rotatable bonds is 6. The van der Waals surface area contributed by atoms with E-state index in [1.54, 1.807) is 6.08 Å². The Labute approximate surface area is 144 Å². The van der Waals surface area contributed by atoms with Gasteiger partial charge in [0.05, 0.1) is 6.61 Å². The highest BCUT2D eigenvalue weighted by molar-refractivity contribution is 6.01. The second kappa shape index (κ2) is 9.12. The molecule has 0 unspecified atom stereocenters. The van der Waals surface area contributed by atoms with Crippen molar-refractivity contribution in [3.8, 4) is 11.8 Å². The third kappa shape index (κ3) is 5.73. The Morgan fingerprint density at radius 2 is 1.96 bits per heavy atom. The lowest BCUT2D eigenvalue weighted by Gasteiger charge is -2.22. The van der Waals surface area contributed by atoms with E-state index in [0.717, 1.165) is 37.0 Å². The van der Waals surface area contributed by atoms with Crippen LogP contribution >= 0.6 is 0 Å². The summed E-state index contributed by atoms with van der Waals surface area (Å²) in [6.07, 6.45) is 7.17. The van der Waals surface area contributed by atoms with Crippen LogP contribution in [0, 0.1) is 17.2 Å². The Morgan fingerprint density at radius 1 is 1.29 bits per heavy atom. The number of nitrogens with zero attached hydrogens (tertiary/aromatic N) is 1. The standard InChI is InChI=1S/C20H26N2O2/c1-15(2)14-24-19-10-8-16(9-11-19)12-17(13-21)20(23)22-18-6-4-3-5-7-18/h8-12,15,18H,3-7,14H2,1-2H3,(H,22,23). The predicted octanol–water partition coefficient (Wildman–Crippen LogP) is 4.08. The molecule has 2 rings (SSSR count). The third-order valence-electron chi connectivity index (χ3n) is 4.08. The molecule has 24 heavy (non-hydrogen) atoms. The molecule has 0 aliphatic heterocycles. The van der Waals surface area contributed by atoms with Crippen molar-refractivity contribution < 1.29 is 9.53 Å². The normalized spacial score (nSPS) is 15.8. The fourth-order valence-electron chi connectivity index (χ4n) is 2.75. The molecule has 0 aromatic heterocycles. The zero-order chi connectivity index (χ0) is 17.4. The van der Waals surface area contributed by atoms with Crippen molar-refractivity contribution in [2.75, 3.05) is 6.61 Å². The number of hydrogen-bond acceptors (Lipinski definition) is 3. The Bertz CT molecular complexity index is 606. The summed E-state index contributed by atoms with van der Waals surface area (Å²) in [5, 5.41) is 12.3. The molecule has 0 radical (unpaired) electrons. The van der Waals surface area contributed by atoms with Crippen LogP contribution < -0.4 is 10.1 Å². The molecule has 1 aliphatic carbocycles. The average Bonchev–Trinajstić information content (AvgIpc) is 2.59. The van der Waals surface area contributed by atoms with E-state index in [-0.39, 0.29) is 17.5 Å². The van der Waals surface area contributed by atoms with Crippen LogP contribution in [0.3, 0.4) is 0 Å². The number of benzene rings is 1. The van der Waals surface area contributed by atoms with Gasteiger partial charge in [0.25, 0.3) is 5.91 Å². The summed E-state index contributed by atoms with van der Waals surface area (Å²) in [4.78, 5) is 12.3. The van der Waals surface area contributed by atoms with Gasteiger partial charge in [-0.25, -0.2) is 0 Å². The fourth-order valence-corrected chi connectivity index (χ4v) is 2.75. The molecule has 4 nitrogen and oxygen atoms in total. The zero-order valence-electron chi connectivity index (χ0n) is 14.5. The molecule has 1 aromatic rings. The van der Waals surface area contributed by atoms with E-state index in [4.69, 9.17) is 4.74 Å². The van der Waals surface area contributed by atoms with E-state index in [1.807, 2.05) is 30.3 Å². The first-order valence-electron chi connectivity index (χ1n) is 8.74. The van der Waals surface area contributed by atoms with Crippen LogP contribution in [-0.2, 0) is 4.79 Å². The molecule has 0 saturated heterocycles. The van der Waals surface area contributed by atoms with Crippen molar-refractivity contribution in [3.05, 3.63) is 35.4 Å². The zero-order valence-corrected chi connectivity index (χ0v) is 14.5. The summed E-state index contributed by atoms with van der Waals surface area (Å²) in [7, 11) is 0. The van der Waals surface area contributed by atoms with Crippen LogP contribution in [0.2, 0.25) is 0 Å². The molecule has 1 fully saturated rings. The van der Waals surface area contributed by atoms with Gasteiger partial charge in [0.1, 0.15) is 17.4 Å². The number of ether oxygens (including phenoxy) is 1. The molecule has 1 saturated carbocycles. The molecule has 0 heterocycles. The Balaban J connectivity index is 1.98. The molecule has 1 aliphatic rings. The quantitative estimate of drug-likeness (QED) is 0.633. The lowest BCUT2D eigenvalue weighted by Crippen LogP contribution is -2.36. The van der Waals surface area contributed by atoms with Gasteiger partial charge in [0.15, 0.2) is 0 Å². The first-order valence-corrected chi connectivity index (χ1v) is 8.74. The maximum Gasteiger partial charge on any atom is 0.262 e. The lowest BCUT2D eigenvalue weighted by molar-refractivity contribution is -0.117. The van der Waals surface area contributed by atoms with Crippen molar-refractivity contribution >= 4 is 12.0 Å². The van der Waals surface area contributed by atoms with Crippen molar-refractivity contribution in [3.63, 3.8) is 0 Å². The van der Waals surface area contributed by atoms with Crippen LogP contribution in [-0.4, -0.2) is 18.6 Å². The predicted molar refractivity (Wildman–Crippen MR) is 95.4 cm³/mol. The minimum absolute atomic E-state index is 0.149. The second-order valence-electron chi connectivity index (χ2n) is 6.75. The van der Waals surface area contributed by atoms with Crippen molar-refractivity contribution in [1.29, 1.82) is 5.26 Å². The minimum Gasteiger partial charge on any atom is -0.493 e. The third-order valence-corrected chi connectivity index (χ3v) is 4.08. The first-order chi connectivity index (χ1) is 11.6. The highest BCUT2D eigenvalue weighted by Gasteiger charge is 2.18. The Hall–Kier alpha value is -2.28. The number of nitriles is 1. The van der Waals surface area contributed by atoms with Gasteiger partial charge in [0, 0.05) is 6.04 Å².